The standard InChI is InChI=1S/C25H31N3O5S/c1-5-13-33-19-10-8-18(9-11-19)26-23(29)15-20-24(30)27(6-2)25(34)28(20)16-17-7-12-21(31-3)22(14-17)32-4/h7-12,14,20H,5-6,13,15-16H2,1-4H3,(H,26,29). The molecular weight excluding hydrogens is 454 g/mol. The van der Waals surface area contributed by atoms with Crippen LogP contribution in [0.15, 0.2) is 42.5 Å². The van der Waals surface area contributed by atoms with Crippen molar-refractivity contribution in [2.45, 2.75) is 39.3 Å². The second-order valence-corrected chi connectivity index (χ2v) is 8.19. The van der Waals surface area contributed by atoms with Crippen molar-refractivity contribution in [1.29, 1.82) is 0 Å². The highest BCUT2D eigenvalue weighted by Crippen LogP contribution is 2.30. The number of carbonyl (C=O) groups is 2. The molecule has 1 atom stereocenters. The van der Waals surface area contributed by atoms with Crippen molar-refractivity contribution >= 4 is 34.8 Å². The molecule has 1 unspecified atom stereocenters. The van der Waals surface area contributed by atoms with Crippen LogP contribution >= 0.6 is 12.2 Å². The van der Waals surface area contributed by atoms with Crippen molar-refractivity contribution in [1.82, 2.24) is 9.80 Å². The maximum absolute atomic E-state index is 13.1. The van der Waals surface area contributed by atoms with Crippen LogP contribution in [0.25, 0.3) is 0 Å². The molecule has 1 fully saturated rings. The molecule has 2 aromatic rings. The zero-order valence-electron chi connectivity index (χ0n) is 20.0. The van der Waals surface area contributed by atoms with Crippen LogP contribution in [0, 0.1) is 0 Å². The number of hydrogen-bond acceptors (Lipinski definition) is 6. The van der Waals surface area contributed by atoms with Crippen molar-refractivity contribution in [3.8, 4) is 17.2 Å². The smallest absolute Gasteiger partial charge is 0.252 e. The van der Waals surface area contributed by atoms with Gasteiger partial charge in [0.1, 0.15) is 11.8 Å². The monoisotopic (exact) mass is 485 g/mol. The summed E-state index contributed by atoms with van der Waals surface area (Å²) in [6.45, 7) is 5.35. The summed E-state index contributed by atoms with van der Waals surface area (Å²) in [5.74, 6) is 1.51. The molecule has 0 radical (unpaired) electrons. The van der Waals surface area contributed by atoms with Crippen LogP contribution in [-0.4, -0.2) is 60.1 Å². The highest BCUT2D eigenvalue weighted by molar-refractivity contribution is 7.80. The minimum absolute atomic E-state index is 0.0170. The lowest BCUT2D eigenvalue weighted by molar-refractivity contribution is -0.130. The third-order valence-electron chi connectivity index (χ3n) is 5.51. The Morgan fingerprint density at radius 3 is 2.38 bits per heavy atom. The number of nitrogens with zero attached hydrogens (tertiary/aromatic N) is 2. The number of likely N-dealkylation sites (N-methyl/N-ethyl adjacent to an activating group) is 1. The van der Waals surface area contributed by atoms with Gasteiger partial charge in [0.15, 0.2) is 16.6 Å². The highest BCUT2D eigenvalue weighted by atomic mass is 32.1. The van der Waals surface area contributed by atoms with Gasteiger partial charge in [0.25, 0.3) is 5.91 Å². The zero-order valence-corrected chi connectivity index (χ0v) is 20.8. The van der Waals surface area contributed by atoms with Crippen LogP contribution in [-0.2, 0) is 16.1 Å². The third kappa shape index (κ3) is 5.77. The van der Waals surface area contributed by atoms with E-state index < -0.39 is 6.04 Å². The summed E-state index contributed by atoms with van der Waals surface area (Å²) in [5, 5.41) is 3.28. The quantitative estimate of drug-likeness (QED) is 0.485. The third-order valence-corrected chi connectivity index (χ3v) is 5.97. The van der Waals surface area contributed by atoms with E-state index in [1.807, 2.05) is 44.2 Å². The Balaban J connectivity index is 1.73. The number of methoxy groups -OCH3 is 2. The number of amides is 2. The van der Waals surface area contributed by atoms with Crippen LogP contribution in [0.4, 0.5) is 5.69 Å². The van der Waals surface area contributed by atoms with Crippen LogP contribution in [0.2, 0.25) is 0 Å². The van der Waals surface area contributed by atoms with Gasteiger partial charge < -0.3 is 24.4 Å². The number of rotatable bonds is 11. The van der Waals surface area contributed by atoms with Gasteiger partial charge in [-0.05, 0) is 67.5 Å². The number of hydrogen-bond donors (Lipinski definition) is 1. The van der Waals surface area contributed by atoms with Crippen molar-refractivity contribution < 1.29 is 23.8 Å². The zero-order chi connectivity index (χ0) is 24.7. The van der Waals surface area contributed by atoms with E-state index in [-0.39, 0.29) is 18.2 Å². The van der Waals surface area contributed by atoms with Gasteiger partial charge >= 0.3 is 0 Å². The van der Waals surface area contributed by atoms with E-state index in [1.54, 1.807) is 31.3 Å². The molecular formula is C25H31N3O5S. The fraction of sp³-hybridized carbons (Fsp3) is 0.400. The average Bonchev–Trinajstić information content (AvgIpc) is 3.06. The lowest BCUT2D eigenvalue weighted by Gasteiger charge is -2.24. The number of thiocarbonyl (C=S) groups is 1. The first-order chi connectivity index (χ1) is 16.4. The average molecular weight is 486 g/mol. The topological polar surface area (TPSA) is 80.3 Å². The molecule has 8 nitrogen and oxygen atoms in total. The second kappa shape index (κ2) is 11.7. The van der Waals surface area contributed by atoms with E-state index in [0.29, 0.717) is 42.0 Å². The van der Waals surface area contributed by atoms with Gasteiger partial charge in [-0.25, -0.2) is 0 Å². The molecule has 1 saturated heterocycles. The van der Waals surface area contributed by atoms with Gasteiger partial charge in [-0.1, -0.05) is 13.0 Å². The minimum Gasteiger partial charge on any atom is -0.494 e. The van der Waals surface area contributed by atoms with Gasteiger partial charge in [-0.3, -0.25) is 14.5 Å². The first-order valence-corrected chi connectivity index (χ1v) is 11.7. The van der Waals surface area contributed by atoms with Gasteiger partial charge in [0, 0.05) is 18.8 Å². The summed E-state index contributed by atoms with van der Waals surface area (Å²) in [7, 11) is 3.14. The number of benzene rings is 2. The van der Waals surface area contributed by atoms with E-state index in [1.165, 1.54) is 4.90 Å². The predicted octanol–water partition coefficient (Wildman–Crippen LogP) is 3.84. The SMILES string of the molecule is CCCOc1ccc(NC(=O)CC2C(=O)N(CC)C(=S)N2Cc2ccc(OC)c(OC)c2)cc1. The summed E-state index contributed by atoms with van der Waals surface area (Å²) in [5.41, 5.74) is 1.53. The highest BCUT2D eigenvalue weighted by Gasteiger charge is 2.42. The summed E-state index contributed by atoms with van der Waals surface area (Å²) < 4.78 is 16.3. The number of nitrogens with one attached hydrogen (secondary N) is 1. The van der Waals surface area contributed by atoms with Crippen molar-refractivity contribution in [3.05, 3.63) is 48.0 Å². The predicted molar refractivity (Wildman–Crippen MR) is 134 cm³/mol. The van der Waals surface area contributed by atoms with E-state index >= 15 is 0 Å². The van der Waals surface area contributed by atoms with Crippen LogP contribution < -0.4 is 19.5 Å². The van der Waals surface area contributed by atoms with Gasteiger partial charge in [-0.2, -0.15) is 0 Å². The molecule has 2 aromatic carbocycles. The normalized spacial score (nSPS) is 15.5. The first kappa shape index (κ1) is 25.3. The lowest BCUT2D eigenvalue weighted by Crippen LogP contribution is -2.37. The number of carbonyl (C=O) groups excluding carboxylic acids is 2. The van der Waals surface area contributed by atoms with E-state index in [0.717, 1.165) is 17.7 Å². The molecule has 34 heavy (non-hydrogen) atoms. The molecule has 0 aliphatic carbocycles. The van der Waals surface area contributed by atoms with E-state index in [9.17, 15) is 9.59 Å². The molecule has 1 aliphatic rings. The second-order valence-electron chi connectivity index (χ2n) is 7.82. The fourth-order valence-corrected chi connectivity index (χ4v) is 4.19. The van der Waals surface area contributed by atoms with Crippen molar-refractivity contribution in [3.63, 3.8) is 0 Å². The molecule has 9 heteroatoms. The van der Waals surface area contributed by atoms with Crippen LogP contribution in [0.1, 0.15) is 32.3 Å². The lowest BCUT2D eigenvalue weighted by atomic mass is 10.1. The molecule has 0 saturated carbocycles. The summed E-state index contributed by atoms with van der Waals surface area (Å²) in [6.07, 6.45) is 0.904. The minimum atomic E-state index is -0.687. The molecule has 1 aliphatic heterocycles. The Bertz CT molecular complexity index is 1030. The molecule has 3 rings (SSSR count). The number of anilines is 1. The summed E-state index contributed by atoms with van der Waals surface area (Å²) in [4.78, 5) is 29.2. The molecule has 1 N–H and O–H groups in total. The summed E-state index contributed by atoms with van der Waals surface area (Å²) in [6, 6.07) is 12.0. The molecule has 0 bridgehead atoms. The van der Waals surface area contributed by atoms with Gasteiger partial charge in [0.05, 0.1) is 27.2 Å². The Morgan fingerprint density at radius 1 is 1.06 bits per heavy atom. The largest absolute Gasteiger partial charge is 0.494 e. The van der Waals surface area contributed by atoms with E-state index in [2.05, 4.69) is 5.32 Å². The molecule has 1 heterocycles. The summed E-state index contributed by atoms with van der Waals surface area (Å²) >= 11 is 5.59. The fourth-order valence-electron chi connectivity index (χ4n) is 3.78. The van der Waals surface area contributed by atoms with E-state index in [4.69, 9.17) is 26.4 Å². The Kier molecular flexibility index (Phi) is 8.70. The maximum atomic E-state index is 13.1. The number of ether oxygens (including phenoxy) is 3. The molecule has 0 aromatic heterocycles. The Hall–Kier alpha value is -3.33. The Labute approximate surface area is 205 Å². The van der Waals surface area contributed by atoms with Crippen LogP contribution in [0.5, 0.6) is 17.2 Å². The van der Waals surface area contributed by atoms with Crippen molar-refractivity contribution in [2.24, 2.45) is 0 Å². The van der Waals surface area contributed by atoms with Gasteiger partial charge in [0.2, 0.25) is 5.91 Å². The Morgan fingerprint density at radius 2 is 1.76 bits per heavy atom. The first-order valence-electron chi connectivity index (χ1n) is 11.3. The van der Waals surface area contributed by atoms with Crippen LogP contribution in [0.3, 0.4) is 0 Å². The molecule has 0 spiro atoms. The van der Waals surface area contributed by atoms with Crippen molar-refractivity contribution in [2.75, 3.05) is 32.7 Å². The molecule has 182 valence electrons. The van der Waals surface area contributed by atoms with Gasteiger partial charge in [-0.15, -0.1) is 0 Å². The molecule has 2 amide bonds. The maximum Gasteiger partial charge on any atom is 0.252 e.